The molecule has 4 aromatic rings. The summed E-state index contributed by atoms with van der Waals surface area (Å²) in [5.41, 5.74) is 3.67. The minimum Gasteiger partial charge on any atom is -0.321 e. The average Bonchev–Trinajstić information content (AvgIpc) is 2.87. The number of amides is 2. The first-order valence-corrected chi connectivity index (χ1v) is 11.8. The van der Waals surface area contributed by atoms with Crippen LogP contribution >= 0.6 is 23.2 Å². The van der Waals surface area contributed by atoms with E-state index in [1.54, 1.807) is 36.4 Å². The Labute approximate surface area is 214 Å². The molecule has 0 aromatic heterocycles. The molecule has 0 spiro atoms. The Kier molecular flexibility index (Phi) is 7.25. The fourth-order valence-corrected chi connectivity index (χ4v) is 4.20. The molecule has 0 radical (unpaired) electrons. The van der Waals surface area contributed by atoms with Gasteiger partial charge >= 0.3 is 0 Å². The molecule has 4 rings (SSSR count). The van der Waals surface area contributed by atoms with E-state index in [1.165, 1.54) is 0 Å². The van der Waals surface area contributed by atoms with Crippen molar-refractivity contribution < 1.29 is 9.59 Å². The van der Waals surface area contributed by atoms with Crippen molar-refractivity contribution in [3.63, 3.8) is 0 Å². The number of nitrogens with one attached hydrogen (secondary N) is 2. The highest BCUT2D eigenvalue weighted by Crippen LogP contribution is 2.37. The van der Waals surface area contributed by atoms with Crippen LogP contribution in [-0.4, -0.2) is 11.8 Å². The zero-order valence-electron chi connectivity index (χ0n) is 19.3. The van der Waals surface area contributed by atoms with Crippen molar-refractivity contribution in [3.05, 3.63) is 129 Å². The summed E-state index contributed by atoms with van der Waals surface area (Å²) >= 11 is 13.1. The number of rotatable bonds is 6. The highest BCUT2D eigenvalue weighted by Gasteiger charge is 2.25. The second kappa shape index (κ2) is 10.3. The van der Waals surface area contributed by atoms with Crippen LogP contribution in [0.4, 0.5) is 11.4 Å². The molecule has 2 N–H and O–H groups in total. The van der Waals surface area contributed by atoms with Crippen LogP contribution < -0.4 is 10.6 Å². The summed E-state index contributed by atoms with van der Waals surface area (Å²) in [6.07, 6.45) is 0. The fraction of sp³-hybridized carbons (Fsp3) is 0.103. The van der Waals surface area contributed by atoms with Gasteiger partial charge in [-0.15, -0.1) is 0 Å². The van der Waals surface area contributed by atoms with Crippen LogP contribution in [0.5, 0.6) is 0 Å². The minimum atomic E-state index is -0.433. The Morgan fingerprint density at radius 3 is 1.31 bits per heavy atom. The minimum absolute atomic E-state index is 0.223. The number of anilines is 2. The third-order valence-corrected chi connectivity index (χ3v) is 6.58. The summed E-state index contributed by atoms with van der Waals surface area (Å²) in [7, 11) is 0. The SMILES string of the molecule is CC(C)(c1ccc(NC(=O)c2ccccc2)c(Cl)c1)c1ccc(NC(=O)c2ccccc2)c(Cl)c1. The molecule has 0 bridgehead atoms. The van der Waals surface area contributed by atoms with Gasteiger partial charge in [0.05, 0.1) is 21.4 Å². The van der Waals surface area contributed by atoms with E-state index < -0.39 is 5.41 Å². The molecule has 0 fully saturated rings. The van der Waals surface area contributed by atoms with Crippen molar-refractivity contribution in [2.45, 2.75) is 19.3 Å². The summed E-state index contributed by atoms with van der Waals surface area (Å²) in [6, 6.07) is 29.1. The second-order valence-electron chi connectivity index (χ2n) is 8.65. The number of hydrogen-bond acceptors (Lipinski definition) is 2. The summed E-state index contributed by atoms with van der Waals surface area (Å²) in [6.45, 7) is 4.13. The van der Waals surface area contributed by atoms with Gasteiger partial charge in [-0.05, 0) is 59.7 Å². The van der Waals surface area contributed by atoms with Crippen LogP contribution in [0.2, 0.25) is 10.0 Å². The van der Waals surface area contributed by atoms with Crippen molar-refractivity contribution in [2.24, 2.45) is 0 Å². The van der Waals surface area contributed by atoms with Crippen LogP contribution in [0, 0.1) is 0 Å². The maximum atomic E-state index is 12.5. The summed E-state index contributed by atoms with van der Waals surface area (Å²) in [4.78, 5) is 25.0. The van der Waals surface area contributed by atoms with E-state index >= 15 is 0 Å². The van der Waals surface area contributed by atoms with Gasteiger partial charge in [0.15, 0.2) is 0 Å². The number of hydrogen-bond donors (Lipinski definition) is 2. The van der Waals surface area contributed by atoms with E-state index in [4.69, 9.17) is 23.2 Å². The zero-order chi connectivity index (χ0) is 25.0. The zero-order valence-corrected chi connectivity index (χ0v) is 20.8. The molecule has 176 valence electrons. The quantitative estimate of drug-likeness (QED) is 0.282. The molecule has 4 nitrogen and oxygen atoms in total. The van der Waals surface area contributed by atoms with Crippen LogP contribution in [0.3, 0.4) is 0 Å². The van der Waals surface area contributed by atoms with Gasteiger partial charge in [0, 0.05) is 16.5 Å². The molecule has 6 heteroatoms. The van der Waals surface area contributed by atoms with Gasteiger partial charge in [0.2, 0.25) is 0 Å². The highest BCUT2D eigenvalue weighted by atomic mass is 35.5. The van der Waals surface area contributed by atoms with E-state index in [9.17, 15) is 9.59 Å². The molecule has 0 atom stereocenters. The molecule has 0 saturated carbocycles. The fourth-order valence-electron chi connectivity index (χ4n) is 3.75. The Hall–Kier alpha value is -3.60. The lowest BCUT2D eigenvalue weighted by atomic mass is 9.78. The van der Waals surface area contributed by atoms with E-state index in [2.05, 4.69) is 24.5 Å². The maximum Gasteiger partial charge on any atom is 0.255 e. The third kappa shape index (κ3) is 5.56. The molecular weight excluding hydrogens is 479 g/mol. The topological polar surface area (TPSA) is 58.2 Å². The molecule has 0 aliphatic rings. The van der Waals surface area contributed by atoms with E-state index in [0.29, 0.717) is 32.5 Å². The van der Waals surface area contributed by atoms with E-state index in [-0.39, 0.29) is 11.8 Å². The van der Waals surface area contributed by atoms with Crippen molar-refractivity contribution in [3.8, 4) is 0 Å². The van der Waals surface area contributed by atoms with Crippen molar-refractivity contribution in [1.29, 1.82) is 0 Å². The van der Waals surface area contributed by atoms with Gasteiger partial charge < -0.3 is 10.6 Å². The number of carbonyl (C=O) groups excluding carboxylic acids is 2. The van der Waals surface area contributed by atoms with E-state index in [1.807, 2.05) is 60.7 Å². The Morgan fingerprint density at radius 2 is 0.971 bits per heavy atom. The first kappa shape index (κ1) is 24.5. The Morgan fingerprint density at radius 1 is 0.600 bits per heavy atom. The number of benzene rings is 4. The van der Waals surface area contributed by atoms with Gasteiger partial charge in [0.25, 0.3) is 11.8 Å². The van der Waals surface area contributed by atoms with Gasteiger partial charge in [0.1, 0.15) is 0 Å². The van der Waals surface area contributed by atoms with Gasteiger partial charge in [-0.25, -0.2) is 0 Å². The number of halogens is 2. The van der Waals surface area contributed by atoms with Gasteiger partial charge in [-0.3, -0.25) is 9.59 Å². The highest BCUT2D eigenvalue weighted by molar-refractivity contribution is 6.34. The third-order valence-electron chi connectivity index (χ3n) is 5.95. The molecule has 0 unspecified atom stereocenters. The normalized spacial score (nSPS) is 11.1. The van der Waals surface area contributed by atoms with Crippen LogP contribution in [0.15, 0.2) is 97.1 Å². The summed E-state index contributed by atoms with van der Waals surface area (Å²) < 4.78 is 0. The monoisotopic (exact) mass is 502 g/mol. The van der Waals surface area contributed by atoms with Crippen molar-refractivity contribution >= 4 is 46.4 Å². The molecule has 0 aliphatic heterocycles. The summed E-state index contributed by atoms with van der Waals surface area (Å²) in [5, 5.41) is 6.61. The van der Waals surface area contributed by atoms with Crippen molar-refractivity contribution in [2.75, 3.05) is 10.6 Å². The van der Waals surface area contributed by atoms with E-state index in [0.717, 1.165) is 11.1 Å². The average molecular weight is 503 g/mol. The molecule has 35 heavy (non-hydrogen) atoms. The second-order valence-corrected chi connectivity index (χ2v) is 9.47. The molecule has 0 heterocycles. The van der Waals surface area contributed by atoms with Gasteiger partial charge in [-0.2, -0.15) is 0 Å². The van der Waals surface area contributed by atoms with Gasteiger partial charge in [-0.1, -0.05) is 85.6 Å². The maximum absolute atomic E-state index is 12.5. The first-order chi connectivity index (χ1) is 16.8. The van der Waals surface area contributed by atoms with Crippen molar-refractivity contribution in [1.82, 2.24) is 0 Å². The predicted molar refractivity (Wildman–Crippen MR) is 144 cm³/mol. The van der Waals surface area contributed by atoms with Crippen LogP contribution in [-0.2, 0) is 5.41 Å². The molecule has 4 aromatic carbocycles. The molecule has 0 saturated heterocycles. The summed E-state index contributed by atoms with van der Waals surface area (Å²) in [5.74, 6) is -0.445. The van der Waals surface area contributed by atoms with Crippen LogP contribution in [0.1, 0.15) is 45.7 Å². The predicted octanol–water partition coefficient (Wildman–Crippen LogP) is 7.82. The Bertz CT molecular complexity index is 1270. The smallest absolute Gasteiger partial charge is 0.255 e. The number of carbonyl (C=O) groups is 2. The lowest BCUT2D eigenvalue weighted by Crippen LogP contribution is -2.20. The molecule has 0 aliphatic carbocycles. The Balaban J connectivity index is 1.53. The molecular formula is C29H24Cl2N2O2. The largest absolute Gasteiger partial charge is 0.321 e. The standard InChI is InChI=1S/C29H24Cl2N2O2/c1-29(2,21-13-15-25(23(30)17-21)32-27(34)19-9-5-3-6-10-19)22-14-16-26(24(31)18-22)33-28(35)20-11-7-4-8-12-20/h3-18H,1-2H3,(H,32,34)(H,33,35). The lowest BCUT2D eigenvalue weighted by Gasteiger charge is -2.27. The first-order valence-electron chi connectivity index (χ1n) is 11.1. The molecule has 2 amide bonds. The lowest BCUT2D eigenvalue weighted by molar-refractivity contribution is 0.101. The van der Waals surface area contributed by atoms with Crippen LogP contribution in [0.25, 0.3) is 0 Å².